The van der Waals surface area contributed by atoms with E-state index in [1.54, 1.807) is 42.5 Å². The highest BCUT2D eigenvalue weighted by atomic mass is 32.1. The average molecular weight is 1280 g/mol. The lowest BCUT2D eigenvalue weighted by Crippen LogP contribution is -2.25. The molecule has 6 aromatic carbocycles. The molecule has 0 amide bonds. The fourth-order valence-corrected chi connectivity index (χ4v) is 8.76. The number of aryl methyl sites for hydroxylation is 6. The molecule has 1 unspecified atom stereocenters. The highest BCUT2D eigenvalue weighted by Gasteiger charge is 2.23. The summed E-state index contributed by atoms with van der Waals surface area (Å²) in [5.74, 6) is 2.98. The number of nitriles is 1. The highest BCUT2D eigenvalue weighted by Crippen LogP contribution is 2.27. The van der Waals surface area contributed by atoms with E-state index < -0.39 is 11.9 Å². The topological polar surface area (TPSA) is 231 Å². The first-order valence-corrected chi connectivity index (χ1v) is 32.2. The predicted octanol–water partition coefficient (Wildman–Crippen LogP) is 17.5. The number of nitrogens with zero attached hydrogens (tertiary/aromatic N) is 2. The van der Waals surface area contributed by atoms with Gasteiger partial charge < -0.3 is 41.0 Å². The summed E-state index contributed by atoms with van der Waals surface area (Å²) >= 11 is 8.55. The standard InChI is InChI=1S/C10H12O2.C8H7NO.C8H8O2.C8H10O.C8H10S.C7H15N.C7H9N.C7H14O.C7H14S.C5H5NO2.3H2/c1-8-2-4-9(5-3-8)11-6-10-7-12-10;1-7-2-4-8(5-3-7)9-6-10;1-6-2-4-7(5-3-6)8(9)10;2*1-7-2-4-8(6-9)5-3-7;4*1-6-2-4-7(8)5-3-6;1-4(3-6)5(7)8-2;;;/h2-5,10H,6-7H2,1H3;2-5H,1H3;2-5H,1H3,(H,9,10);2*2-5,9H,6H2,1H3;6-7H,2-5,8H2,1H3;2-5H,8H2,1H3;2*6-8H,2-5H2,1H3;1H2,2H3;3*1H. The number of hydrogen-bond donors (Lipinski definition) is 7. The molecule has 15 heteroatoms. The number of hydrogen-bond acceptors (Lipinski definition) is 14. The number of carbonyl (C=O) groups excluding carboxylic acids is 2. The minimum atomic E-state index is -0.875. The van der Waals surface area contributed by atoms with Gasteiger partial charge in [0.1, 0.15) is 30.1 Å². The normalized spacial score (nSPS) is 18.7. The third-order valence-corrected chi connectivity index (χ3v) is 15.5. The molecule has 1 heterocycles. The molecule has 1 atom stereocenters. The van der Waals surface area contributed by atoms with Crippen LogP contribution in [0.15, 0.2) is 163 Å². The minimum Gasteiger partial charge on any atom is -0.491 e. The molecule has 0 spiro atoms. The highest BCUT2D eigenvalue weighted by molar-refractivity contribution is 7.81. The summed E-state index contributed by atoms with van der Waals surface area (Å²) in [6.45, 7) is 23.8. The number of epoxide rings is 1. The van der Waals surface area contributed by atoms with Crippen LogP contribution >= 0.6 is 25.3 Å². The summed E-state index contributed by atoms with van der Waals surface area (Å²) in [5.41, 5.74) is 22.3. The van der Waals surface area contributed by atoms with Gasteiger partial charge >= 0.3 is 11.9 Å². The molecule has 90 heavy (non-hydrogen) atoms. The number of benzene rings is 6. The van der Waals surface area contributed by atoms with E-state index in [0.717, 1.165) is 71.1 Å². The molecule has 0 bridgehead atoms. The third kappa shape index (κ3) is 42.9. The molecular weight excluding hydrogens is 1160 g/mol. The lowest BCUT2D eigenvalue weighted by Gasteiger charge is -2.22. The van der Waals surface area contributed by atoms with E-state index in [1.807, 2.05) is 113 Å². The van der Waals surface area contributed by atoms with E-state index in [1.165, 1.54) is 105 Å². The number of methoxy groups -OCH3 is 1. The first-order valence-electron chi connectivity index (χ1n) is 31.1. The molecule has 4 aliphatic rings. The number of aliphatic imine (C=N–C) groups is 1. The molecule has 0 radical (unpaired) electrons. The van der Waals surface area contributed by atoms with Gasteiger partial charge in [-0.1, -0.05) is 158 Å². The number of carbonyl (C=O) groups is 2. The van der Waals surface area contributed by atoms with Gasteiger partial charge in [0.2, 0.25) is 6.08 Å². The van der Waals surface area contributed by atoms with Crippen LogP contribution in [0.1, 0.15) is 157 Å². The Morgan fingerprint density at radius 1 is 0.644 bits per heavy atom. The Balaban J connectivity index is -0.000000967. The van der Waals surface area contributed by atoms with Crippen LogP contribution in [-0.4, -0.2) is 77.2 Å². The van der Waals surface area contributed by atoms with Gasteiger partial charge in [-0.05, 0) is 196 Å². The number of carboxylic acid groups (broad SMARTS) is 1. The monoisotopic (exact) mass is 1270 g/mol. The summed E-state index contributed by atoms with van der Waals surface area (Å²) < 4.78 is 14.6. The predicted molar refractivity (Wildman–Crippen MR) is 383 cm³/mol. The second-order valence-electron chi connectivity index (χ2n) is 23.4. The summed E-state index contributed by atoms with van der Waals surface area (Å²) in [6.07, 6.45) is 17.0. The van der Waals surface area contributed by atoms with Crippen LogP contribution in [-0.2, 0) is 31.4 Å². The van der Waals surface area contributed by atoms with E-state index in [9.17, 15) is 14.4 Å². The molecule has 6 aromatic rings. The van der Waals surface area contributed by atoms with Crippen LogP contribution in [0.3, 0.4) is 0 Å². The zero-order valence-corrected chi connectivity index (χ0v) is 56.9. The molecule has 496 valence electrons. The van der Waals surface area contributed by atoms with E-state index in [0.29, 0.717) is 35.3 Å². The average Bonchev–Trinajstić information content (AvgIpc) is 4.62. The lowest BCUT2D eigenvalue weighted by atomic mass is 9.88. The van der Waals surface area contributed by atoms with Crippen molar-refractivity contribution in [2.75, 3.05) is 26.1 Å². The van der Waals surface area contributed by atoms with Gasteiger partial charge in [-0.25, -0.2) is 14.4 Å². The zero-order chi connectivity index (χ0) is 67.2. The molecule has 3 aliphatic carbocycles. The number of carboxylic acids is 1. The molecule has 13 nitrogen and oxygen atoms in total. The molecule has 10 rings (SSSR count). The zero-order valence-electron chi connectivity index (χ0n) is 55.2. The molecular formula is C75H110N4O9S2. The Morgan fingerprint density at radius 3 is 1.34 bits per heavy atom. The van der Waals surface area contributed by atoms with Crippen molar-refractivity contribution in [2.24, 2.45) is 28.5 Å². The molecule has 0 aromatic heterocycles. The van der Waals surface area contributed by atoms with Crippen molar-refractivity contribution < 1.29 is 48.2 Å². The smallest absolute Gasteiger partial charge is 0.347 e. The van der Waals surface area contributed by atoms with Gasteiger partial charge in [0.15, 0.2) is 0 Å². The van der Waals surface area contributed by atoms with Crippen LogP contribution in [0.2, 0.25) is 0 Å². The molecule has 1 saturated heterocycles. The Bertz CT molecular complexity index is 2750. The van der Waals surface area contributed by atoms with Crippen molar-refractivity contribution in [1.29, 1.82) is 5.26 Å². The summed E-state index contributed by atoms with van der Waals surface area (Å²) in [7, 11) is 1.20. The number of aliphatic hydroxyl groups excluding tert-OH is 2. The number of nitrogens with two attached hydrogens (primary N) is 2. The maximum Gasteiger partial charge on any atom is 0.347 e. The number of aromatic carboxylic acids is 1. The van der Waals surface area contributed by atoms with E-state index >= 15 is 0 Å². The first kappa shape index (κ1) is 81.0. The molecule has 1 aliphatic heterocycles. The van der Waals surface area contributed by atoms with Gasteiger partial charge in [-0.15, -0.1) is 0 Å². The number of isocyanates is 1. The Hall–Kier alpha value is -6.99. The fourth-order valence-electron chi connectivity index (χ4n) is 8.25. The summed E-state index contributed by atoms with van der Waals surface area (Å²) in [6, 6.07) is 48.3. The van der Waals surface area contributed by atoms with Crippen molar-refractivity contribution in [3.8, 4) is 11.8 Å². The second-order valence-corrected chi connectivity index (χ2v) is 24.5. The molecule has 4 fully saturated rings. The van der Waals surface area contributed by atoms with Crippen molar-refractivity contribution in [1.82, 2.24) is 0 Å². The quantitative estimate of drug-likeness (QED) is 0.0110. The van der Waals surface area contributed by atoms with Crippen LogP contribution < -0.4 is 16.2 Å². The number of esters is 1. The van der Waals surface area contributed by atoms with Crippen LogP contribution in [0, 0.1) is 70.6 Å². The molecule has 7 N–H and O–H groups in total. The van der Waals surface area contributed by atoms with Crippen molar-refractivity contribution in [3.05, 3.63) is 208 Å². The van der Waals surface area contributed by atoms with E-state index in [-0.39, 0.29) is 22.6 Å². The number of rotatable bonds is 8. The number of aliphatic hydroxyl groups is 2. The van der Waals surface area contributed by atoms with Crippen molar-refractivity contribution in [3.63, 3.8) is 0 Å². The number of nitrogen functional groups attached to an aromatic ring is 1. The van der Waals surface area contributed by atoms with Crippen molar-refractivity contribution >= 4 is 54.7 Å². The summed E-state index contributed by atoms with van der Waals surface area (Å²) in [5, 5.41) is 34.8. The van der Waals surface area contributed by atoms with Gasteiger partial charge in [0.05, 0.1) is 37.7 Å². The third-order valence-electron chi connectivity index (χ3n) is 14.6. The fraction of sp³-hybridized carbons (Fsp3) is 0.440. The summed E-state index contributed by atoms with van der Waals surface area (Å²) in [4.78, 5) is 33.7. The Kier molecular flexibility index (Phi) is 43.9. The van der Waals surface area contributed by atoms with Gasteiger partial charge in [0.25, 0.3) is 0 Å². The Labute approximate surface area is 554 Å². The minimum absolute atomic E-state index is 0. The largest absolute Gasteiger partial charge is 0.491 e. The maximum absolute atomic E-state index is 10.3. The lowest BCUT2D eigenvalue weighted by molar-refractivity contribution is -0.135. The SMILES string of the molecule is C=C(C#N)C(=O)OC.CC1CCC(N)CC1.CC1CCC(O)CC1.CC1CCC(S)CC1.Cc1ccc(C(=O)O)cc1.Cc1ccc(CO)cc1.Cc1ccc(CS)cc1.Cc1ccc(N)cc1.Cc1ccc(N=C=O)cc1.Cc1ccc(OCC2CO2)cc1.[HH].[HH].[HH]. The van der Waals surface area contributed by atoms with Crippen LogP contribution in [0.25, 0.3) is 0 Å². The second kappa shape index (κ2) is 48.8. The van der Waals surface area contributed by atoms with E-state index in [2.05, 4.69) is 100 Å². The first-order chi connectivity index (χ1) is 42.9. The number of anilines is 1. The number of ether oxygens (including phenoxy) is 3. The number of thiol groups is 2. The van der Waals surface area contributed by atoms with Crippen molar-refractivity contribution in [2.45, 2.75) is 175 Å². The van der Waals surface area contributed by atoms with Gasteiger partial charge in [-0.2, -0.15) is 35.5 Å². The van der Waals surface area contributed by atoms with Crippen LogP contribution in [0.4, 0.5) is 11.4 Å². The van der Waals surface area contributed by atoms with E-state index in [4.69, 9.17) is 41.5 Å². The maximum atomic E-state index is 10.3. The Morgan fingerprint density at radius 2 is 1.02 bits per heavy atom. The van der Waals surface area contributed by atoms with Gasteiger partial charge in [-0.3, -0.25) is 0 Å². The van der Waals surface area contributed by atoms with Crippen LogP contribution in [0.5, 0.6) is 5.75 Å². The van der Waals surface area contributed by atoms with Gasteiger partial charge in [0, 0.05) is 27.0 Å². The molecule has 3 saturated carbocycles.